The van der Waals surface area contributed by atoms with E-state index in [1.54, 1.807) is 14.2 Å². The molecule has 3 radical (unpaired) electrons. The van der Waals surface area contributed by atoms with E-state index in [-0.39, 0.29) is 23.5 Å². The highest BCUT2D eigenvalue weighted by atomic mass is 16.6. The summed E-state index contributed by atoms with van der Waals surface area (Å²) in [5.41, 5.74) is 1.20. The number of nitrogens with zero attached hydrogens (tertiary/aromatic N) is 1. The second-order valence-corrected chi connectivity index (χ2v) is 8.14. The highest BCUT2D eigenvalue weighted by Crippen LogP contribution is 2.42. The van der Waals surface area contributed by atoms with E-state index in [1.165, 1.54) is 10.5 Å². The van der Waals surface area contributed by atoms with Crippen molar-refractivity contribution in [1.82, 2.24) is 4.90 Å². The predicted octanol–water partition coefficient (Wildman–Crippen LogP) is 4.53. The smallest absolute Gasteiger partial charge is 0.414 e. The van der Waals surface area contributed by atoms with Crippen LogP contribution in [0.1, 0.15) is 45.1 Å². The van der Waals surface area contributed by atoms with Crippen LogP contribution in [0.4, 0.5) is 4.79 Å². The van der Waals surface area contributed by atoms with Crippen molar-refractivity contribution in [3.8, 4) is 0 Å². The first-order valence-electron chi connectivity index (χ1n) is 10.1. The van der Waals surface area contributed by atoms with E-state index in [2.05, 4.69) is 38.1 Å². The molecule has 1 aliphatic heterocycles. The molecule has 1 saturated heterocycles. The van der Waals surface area contributed by atoms with E-state index >= 15 is 0 Å². The molecule has 0 aromatic heterocycles. The zero-order chi connectivity index (χ0) is 20.1. The van der Waals surface area contributed by atoms with Gasteiger partial charge >= 0.3 is 6.09 Å². The molecule has 1 saturated carbocycles. The summed E-state index contributed by atoms with van der Waals surface area (Å²) in [4.78, 5) is 14.6. The van der Waals surface area contributed by atoms with Gasteiger partial charge in [0.15, 0.2) is 0 Å². The quantitative estimate of drug-likeness (QED) is 0.746. The maximum Gasteiger partial charge on any atom is 0.414 e. The summed E-state index contributed by atoms with van der Waals surface area (Å²) in [6.07, 6.45) is 8.17. The number of amides is 1. The third-order valence-electron chi connectivity index (χ3n) is 6.19. The summed E-state index contributed by atoms with van der Waals surface area (Å²) >= 11 is 0. The minimum absolute atomic E-state index is 0.0815. The standard InChI is InChI=1S/C23H32NO4/c1-23(2,17-11-6-5-7-12-17)18-13-8-9-14-19(18)28-22(25)24-20(26-3)15-10-16-21(24)27-4/h5-7,10-12,15-16,18-21H,8-9,13-14H2,1-4H3/t18-,19-,20-,21+/m0/s1. The van der Waals surface area contributed by atoms with E-state index in [1.807, 2.05) is 25.3 Å². The Morgan fingerprint density at radius 3 is 2.21 bits per heavy atom. The van der Waals surface area contributed by atoms with Crippen molar-refractivity contribution < 1.29 is 19.0 Å². The fraction of sp³-hybridized carbons (Fsp3) is 0.565. The molecule has 1 aromatic carbocycles. The third-order valence-corrected chi connectivity index (χ3v) is 6.19. The van der Waals surface area contributed by atoms with Gasteiger partial charge in [0.2, 0.25) is 0 Å². The van der Waals surface area contributed by atoms with Crippen LogP contribution in [0.2, 0.25) is 0 Å². The van der Waals surface area contributed by atoms with Crippen LogP contribution < -0.4 is 0 Å². The molecule has 1 aromatic rings. The lowest BCUT2D eigenvalue weighted by Gasteiger charge is -2.44. The second-order valence-electron chi connectivity index (χ2n) is 8.14. The lowest BCUT2D eigenvalue weighted by atomic mass is 9.66. The molecule has 0 unspecified atom stereocenters. The fourth-order valence-electron chi connectivity index (χ4n) is 4.51. The molecule has 2 aliphatic rings. The normalized spacial score (nSPS) is 28.8. The van der Waals surface area contributed by atoms with Crippen LogP contribution in [0.15, 0.2) is 30.3 Å². The van der Waals surface area contributed by atoms with E-state index in [0.717, 1.165) is 25.7 Å². The molecule has 5 nitrogen and oxygen atoms in total. The molecule has 0 spiro atoms. The van der Waals surface area contributed by atoms with E-state index in [9.17, 15) is 4.79 Å². The van der Waals surface area contributed by atoms with E-state index in [4.69, 9.17) is 14.2 Å². The second kappa shape index (κ2) is 9.27. The van der Waals surface area contributed by atoms with Crippen LogP contribution in [0.25, 0.3) is 0 Å². The zero-order valence-corrected chi connectivity index (χ0v) is 17.3. The Hall–Kier alpha value is -1.59. The Balaban J connectivity index is 1.77. The van der Waals surface area contributed by atoms with Crippen LogP contribution in [0.5, 0.6) is 0 Å². The average Bonchev–Trinajstić information content (AvgIpc) is 2.73. The van der Waals surface area contributed by atoms with Gasteiger partial charge in [0.1, 0.15) is 18.6 Å². The Morgan fingerprint density at radius 2 is 1.61 bits per heavy atom. The van der Waals surface area contributed by atoms with Crippen molar-refractivity contribution in [3.63, 3.8) is 0 Å². The first-order chi connectivity index (χ1) is 13.5. The number of carbonyl (C=O) groups is 1. The molecule has 1 aliphatic carbocycles. The summed E-state index contributed by atoms with van der Waals surface area (Å²) < 4.78 is 17.0. The topological polar surface area (TPSA) is 48.0 Å². The van der Waals surface area contributed by atoms with Gasteiger partial charge in [-0.15, -0.1) is 0 Å². The number of methoxy groups -OCH3 is 2. The Bertz CT molecular complexity index is 621. The van der Waals surface area contributed by atoms with Crippen LogP contribution in [-0.2, 0) is 19.6 Å². The molecule has 0 N–H and O–H groups in total. The molecular weight excluding hydrogens is 354 g/mol. The van der Waals surface area contributed by atoms with Gasteiger partial charge in [-0.25, -0.2) is 4.79 Å². The van der Waals surface area contributed by atoms with Crippen molar-refractivity contribution >= 4 is 6.09 Å². The van der Waals surface area contributed by atoms with Gasteiger partial charge in [-0.05, 0) is 36.7 Å². The predicted molar refractivity (Wildman–Crippen MR) is 108 cm³/mol. The summed E-state index contributed by atoms with van der Waals surface area (Å²) in [6.45, 7) is 4.51. The van der Waals surface area contributed by atoms with Crippen LogP contribution in [0, 0.1) is 25.2 Å². The largest absolute Gasteiger partial charge is 0.446 e. The molecule has 5 heteroatoms. The maximum absolute atomic E-state index is 13.1. The first kappa shape index (κ1) is 21.1. The lowest BCUT2D eigenvalue weighted by Crippen LogP contribution is -2.54. The van der Waals surface area contributed by atoms with Crippen LogP contribution >= 0.6 is 0 Å². The number of ether oxygens (including phenoxy) is 3. The first-order valence-corrected chi connectivity index (χ1v) is 10.1. The van der Waals surface area contributed by atoms with Gasteiger partial charge in [-0.2, -0.15) is 0 Å². The van der Waals surface area contributed by atoms with Crippen LogP contribution in [0.3, 0.4) is 0 Å². The molecule has 1 amide bonds. The number of rotatable bonds is 5. The fourth-order valence-corrected chi connectivity index (χ4v) is 4.51. The number of likely N-dealkylation sites (tertiary alicyclic amines) is 1. The third kappa shape index (κ3) is 4.36. The average molecular weight is 387 g/mol. The van der Waals surface area contributed by atoms with Crippen molar-refractivity contribution in [2.75, 3.05) is 14.2 Å². The number of carbonyl (C=O) groups excluding carboxylic acids is 1. The molecule has 0 bridgehead atoms. The van der Waals surface area contributed by atoms with Crippen LogP contribution in [-0.4, -0.2) is 43.8 Å². The molecular formula is C23H32NO4. The summed E-state index contributed by atoms with van der Waals surface area (Å²) in [5.74, 6) is 0.263. The van der Waals surface area contributed by atoms with Gasteiger partial charge in [-0.3, -0.25) is 4.90 Å². The lowest BCUT2D eigenvalue weighted by molar-refractivity contribution is -0.110. The minimum Gasteiger partial charge on any atom is -0.446 e. The number of hydrogen-bond acceptors (Lipinski definition) is 4. The number of piperidine rings is 1. The Morgan fingerprint density at radius 1 is 1.00 bits per heavy atom. The molecule has 4 atom stereocenters. The van der Waals surface area contributed by atoms with E-state index in [0.29, 0.717) is 0 Å². The van der Waals surface area contributed by atoms with Crippen molar-refractivity contribution in [1.29, 1.82) is 0 Å². The van der Waals surface area contributed by atoms with Crippen molar-refractivity contribution in [2.45, 2.75) is 63.5 Å². The van der Waals surface area contributed by atoms with Gasteiger partial charge in [-0.1, -0.05) is 50.6 Å². The number of benzene rings is 1. The molecule has 3 rings (SSSR count). The highest BCUT2D eigenvalue weighted by Gasteiger charge is 2.43. The van der Waals surface area contributed by atoms with Gasteiger partial charge in [0, 0.05) is 33.0 Å². The molecule has 153 valence electrons. The molecule has 28 heavy (non-hydrogen) atoms. The van der Waals surface area contributed by atoms with Gasteiger partial charge in [0.05, 0.1) is 0 Å². The Kier molecular flexibility index (Phi) is 7.00. The molecule has 2 fully saturated rings. The zero-order valence-electron chi connectivity index (χ0n) is 17.3. The SMILES string of the molecule is CO[C@H]1[CH][CH][CH][C@@H](OC)N1C(=O)O[C@H]1CCCC[C@@H]1C(C)(C)c1ccccc1. The van der Waals surface area contributed by atoms with Crippen molar-refractivity contribution in [2.24, 2.45) is 5.92 Å². The monoisotopic (exact) mass is 386 g/mol. The summed E-state index contributed by atoms with van der Waals surface area (Å²) in [7, 11) is 3.16. The van der Waals surface area contributed by atoms with E-state index < -0.39 is 12.5 Å². The maximum atomic E-state index is 13.1. The van der Waals surface area contributed by atoms with Crippen molar-refractivity contribution in [3.05, 3.63) is 55.2 Å². The molecule has 1 heterocycles. The van der Waals surface area contributed by atoms with Gasteiger partial charge < -0.3 is 14.2 Å². The number of hydrogen-bond donors (Lipinski definition) is 0. The minimum atomic E-state index is -0.494. The van der Waals surface area contributed by atoms with Gasteiger partial charge in [0.25, 0.3) is 0 Å². The Labute approximate surface area is 169 Å². The highest BCUT2D eigenvalue weighted by molar-refractivity contribution is 5.69. The summed E-state index contributed by atoms with van der Waals surface area (Å²) in [6, 6.07) is 10.5. The summed E-state index contributed by atoms with van der Waals surface area (Å²) in [5, 5.41) is 0.